The number of oxime groups is 1. The Morgan fingerprint density at radius 2 is 2.06 bits per heavy atom. The van der Waals surface area contributed by atoms with Gasteiger partial charge in [0.2, 0.25) is 5.91 Å². The molecule has 1 unspecified atom stereocenters. The Kier molecular flexibility index (Phi) is 6.53. The van der Waals surface area contributed by atoms with Gasteiger partial charge in [0.1, 0.15) is 0 Å². The number of anilines is 1. The first-order valence-electron chi connectivity index (χ1n) is 11.2. The Hall–Kier alpha value is -3.55. The van der Waals surface area contributed by atoms with Crippen molar-refractivity contribution in [2.45, 2.75) is 45.7 Å². The average molecular weight is 452 g/mol. The monoisotopic (exact) mass is 451 g/mol. The standard InChI is InChI=1S/C25H29N3O5/c1-4-33-22-13-17(10-11-21(22)32-3)20(12-15(2)27-31)28-14-18-6-5-7-19(23(18)25(28)30)26-24(29)16-8-9-16/h5-7,10-11,13,16,20,31H,4,8-9,12,14H2,1-3H3,(H,26,29). The van der Waals surface area contributed by atoms with E-state index in [2.05, 4.69) is 10.5 Å². The van der Waals surface area contributed by atoms with Gasteiger partial charge in [-0.05, 0) is 56.0 Å². The first-order chi connectivity index (χ1) is 16.0. The van der Waals surface area contributed by atoms with Crippen LogP contribution in [0, 0.1) is 5.92 Å². The Labute approximate surface area is 193 Å². The highest BCUT2D eigenvalue weighted by atomic mass is 16.5. The van der Waals surface area contributed by atoms with E-state index in [1.54, 1.807) is 25.0 Å². The summed E-state index contributed by atoms with van der Waals surface area (Å²) in [6, 6.07) is 10.7. The maximum atomic E-state index is 13.6. The molecule has 2 aromatic carbocycles. The molecule has 1 saturated carbocycles. The Morgan fingerprint density at radius 1 is 1.27 bits per heavy atom. The van der Waals surface area contributed by atoms with Crippen LogP contribution in [-0.4, -0.2) is 41.3 Å². The molecule has 0 radical (unpaired) electrons. The number of amides is 2. The summed E-state index contributed by atoms with van der Waals surface area (Å²) >= 11 is 0. The minimum Gasteiger partial charge on any atom is -0.493 e. The van der Waals surface area contributed by atoms with E-state index in [4.69, 9.17) is 9.47 Å². The lowest BCUT2D eigenvalue weighted by Gasteiger charge is -2.29. The highest BCUT2D eigenvalue weighted by molar-refractivity contribution is 6.07. The second kappa shape index (κ2) is 9.52. The first kappa shape index (κ1) is 22.6. The van der Waals surface area contributed by atoms with Crippen molar-refractivity contribution >= 4 is 23.2 Å². The molecular weight excluding hydrogens is 422 g/mol. The van der Waals surface area contributed by atoms with Gasteiger partial charge in [-0.3, -0.25) is 9.59 Å². The van der Waals surface area contributed by atoms with Gasteiger partial charge in [0.25, 0.3) is 5.91 Å². The predicted octanol–water partition coefficient (Wildman–Crippen LogP) is 4.38. The molecule has 1 fully saturated rings. The fraction of sp³-hybridized carbons (Fsp3) is 0.400. The fourth-order valence-electron chi connectivity index (χ4n) is 4.22. The van der Waals surface area contributed by atoms with E-state index in [-0.39, 0.29) is 17.7 Å². The quantitative estimate of drug-likeness (QED) is 0.335. The smallest absolute Gasteiger partial charge is 0.257 e. The molecule has 174 valence electrons. The van der Waals surface area contributed by atoms with Gasteiger partial charge in [0.05, 0.1) is 36.7 Å². The van der Waals surface area contributed by atoms with Crippen LogP contribution in [0.5, 0.6) is 11.5 Å². The zero-order valence-corrected chi connectivity index (χ0v) is 19.1. The van der Waals surface area contributed by atoms with Gasteiger partial charge < -0.3 is 24.9 Å². The zero-order chi connectivity index (χ0) is 23.5. The summed E-state index contributed by atoms with van der Waals surface area (Å²) < 4.78 is 11.1. The van der Waals surface area contributed by atoms with E-state index in [1.165, 1.54) is 0 Å². The van der Waals surface area contributed by atoms with E-state index < -0.39 is 6.04 Å². The largest absolute Gasteiger partial charge is 0.493 e. The molecule has 33 heavy (non-hydrogen) atoms. The molecule has 1 atom stereocenters. The van der Waals surface area contributed by atoms with Crippen LogP contribution in [0.2, 0.25) is 0 Å². The van der Waals surface area contributed by atoms with Crippen molar-refractivity contribution < 1.29 is 24.3 Å². The molecule has 8 nitrogen and oxygen atoms in total. The summed E-state index contributed by atoms with van der Waals surface area (Å²) in [4.78, 5) is 27.7. The van der Waals surface area contributed by atoms with Gasteiger partial charge in [0.15, 0.2) is 11.5 Å². The SMILES string of the molecule is CCOc1cc(C(CC(C)=NO)N2Cc3cccc(NC(=O)C4CC4)c3C2=O)ccc1OC. The van der Waals surface area contributed by atoms with Crippen LogP contribution in [0.4, 0.5) is 5.69 Å². The molecule has 0 spiro atoms. The Morgan fingerprint density at radius 3 is 2.73 bits per heavy atom. The molecule has 0 aromatic heterocycles. The first-order valence-corrected chi connectivity index (χ1v) is 11.2. The maximum absolute atomic E-state index is 13.6. The molecule has 0 bridgehead atoms. The minimum atomic E-state index is -0.391. The van der Waals surface area contributed by atoms with Crippen molar-refractivity contribution in [2.75, 3.05) is 19.0 Å². The average Bonchev–Trinajstić information content (AvgIpc) is 3.62. The molecule has 2 aromatic rings. The number of nitrogens with zero attached hydrogens (tertiary/aromatic N) is 2. The van der Waals surface area contributed by atoms with Gasteiger partial charge in [-0.2, -0.15) is 0 Å². The summed E-state index contributed by atoms with van der Waals surface area (Å²) in [5.41, 5.74) is 3.27. The van der Waals surface area contributed by atoms with Gasteiger partial charge >= 0.3 is 0 Å². The van der Waals surface area contributed by atoms with Gasteiger partial charge in [-0.15, -0.1) is 0 Å². The van der Waals surface area contributed by atoms with Crippen molar-refractivity contribution in [1.29, 1.82) is 0 Å². The van der Waals surface area contributed by atoms with Crippen LogP contribution in [0.3, 0.4) is 0 Å². The van der Waals surface area contributed by atoms with Crippen molar-refractivity contribution in [3.05, 3.63) is 53.1 Å². The number of benzene rings is 2. The number of fused-ring (bicyclic) bond motifs is 1. The molecule has 4 rings (SSSR count). The lowest BCUT2D eigenvalue weighted by Crippen LogP contribution is -2.31. The highest BCUT2D eigenvalue weighted by Crippen LogP contribution is 2.40. The van der Waals surface area contributed by atoms with Crippen LogP contribution in [0.25, 0.3) is 0 Å². The second-order valence-electron chi connectivity index (χ2n) is 8.43. The van der Waals surface area contributed by atoms with Gasteiger partial charge in [-0.25, -0.2) is 0 Å². The molecule has 2 aliphatic rings. The van der Waals surface area contributed by atoms with E-state index in [0.29, 0.717) is 48.0 Å². The molecular formula is C25H29N3O5. The number of carbonyl (C=O) groups is 2. The molecule has 2 amide bonds. The van der Waals surface area contributed by atoms with Crippen LogP contribution in [0.15, 0.2) is 41.6 Å². The van der Waals surface area contributed by atoms with E-state index in [1.807, 2.05) is 37.3 Å². The third-order valence-corrected chi connectivity index (χ3v) is 6.08. The molecule has 1 aliphatic carbocycles. The predicted molar refractivity (Wildman–Crippen MR) is 124 cm³/mol. The van der Waals surface area contributed by atoms with E-state index in [9.17, 15) is 14.8 Å². The van der Waals surface area contributed by atoms with E-state index in [0.717, 1.165) is 24.0 Å². The van der Waals surface area contributed by atoms with Crippen LogP contribution >= 0.6 is 0 Å². The third kappa shape index (κ3) is 4.65. The number of rotatable bonds is 9. The summed E-state index contributed by atoms with van der Waals surface area (Å²) in [7, 11) is 1.58. The van der Waals surface area contributed by atoms with Crippen LogP contribution in [-0.2, 0) is 11.3 Å². The molecule has 1 aliphatic heterocycles. The number of ether oxygens (including phenoxy) is 2. The summed E-state index contributed by atoms with van der Waals surface area (Å²) in [5, 5.41) is 15.6. The topological polar surface area (TPSA) is 100 Å². The molecule has 0 saturated heterocycles. The zero-order valence-electron chi connectivity index (χ0n) is 19.1. The minimum absolute atomic E-state index is 0.0361. The van der Waals surface area contributed by atoms with Crippen LogP contribution < -0.4 is 14.8 Å². The maximum Gasteiger partial charge on any atom is 0.257 e. The third-order valence-electron chi connectivity index (χ3n) is 6.08. The fourth-order valence-corrected chi connectivity index (χ4v) is 4.22. The van der Waals surface area contributed by atoms with Gasteiger partial charge in [-0.1, -0.05) is 23.4 Å². The van der Waals surface area contributed by atoms with Crippen molar-refractivity contribution in [3.63, 3.8) is 0 Å². The summed E-state index contributed by atoms with van der Waals surface area (Å²) in [5.74, 6) is 1.03. The second-order valence-corrected chi connectivity index (χ2v) is 8.43. The highest BCUT2D eigenvalue weighted by Gasteiger charge is 2.37. The van der Waals surface area contributed by atoms with Crippen LogP contribution in [0.1, 0.15) is 60.6 Å². The number of methoxy groups -OCH3 is 1. The Bertz CT molecular complexity index is 1090. The summed E-state index contributed by atoms with van der Waals surface area (Å²) in [6.45, 7) is 4.47. The lowest BCUT2D eigenvalue weighted by molar-refractivity contribution is -0.117. The lowest BCUT2D eigenvalue weighted by atomic mass is 9.99. The van der Waals surface area contributed by atoms with Gasteiger partial charge in [0, 0.05) is 18.9 Å². The number of nitrogens with one attached hydrogen (secondary N) is 1. The Balaban J connectivity index is 1.69. The number of hydrogen-bond donors (Lipinski definition) is 2. The normalized spacial score (nSPS) is 16.4. The van der Waals surface area contributed by atoms with Crippen molar-refractivity contribution in [3.8, 4) is 11.5 Å². The summed E-state index contributed by atoms with van der Waals surface area (Å²) in [6.07, 6.45) is 2.13. The van der Waals surface area contributed by atoms with Crippen molar-refractivity contribution in [2.24, 2.45) is 11.1 Å². The van der Waals surface area contributed by atoms with Crippen molar-refractivity contribution in [1.82, 2.24) is 4.90 Å². The van der Waals surface area contributed by atoms with E-state index >= 15 is 0 Å². The molecule has 1 heterocycles. The number of carbonyl (C=O) groups excluding carboxylic acids is 2. The molecule has 8 heteroatoms. The number of hydrogen-bond acceptors (Lipinski definition) is 6. The molecule has 2 N–H and O–H groups in total.